The van der Waals surface area contributed by atoms with Gasteiger partial charge < -0.3 is 11.1 Å². The molecular weight excluding hydrogens is 360 g/mol. The van der Waals surface area contributed by atoms with Crippen molar-refractivity contribution in [2.24, 2.45) is 0 Å². The third-order valence-corrected chi connectivity index (χ3v) is 6.13. The van der Waals surface area contributed by atoms with Gasteiger partial charge in [0.05, 0.1) is 22.0 Å². The number of ketones is 1. The topological polar surface area (TPSA) is 98.2 Å². The van der Waals surface area contributed by atoms with Gasteiger partial charge in [0.15, 0.2) is 11.4 Å². The van der Waals surface area contributed by atoms with Gasteiger partial charge in [-0.25, -0.2) is 4.98 Å². The van der Waals surface area contributed by atoms with Crippen molar-refractivity contribution in [3.8, 4) is 11.4 Å². The first-order valence-electron chi connectivity index (χ1n) is 8.99. The predicted molar refractivity (Wildman–Crippen MR) is 106 cm³/mol. The summed E-state index contributed by atoms with van der Waals surface area (Å²) >= 11 is 1.35. The molecule has 4 heterocycles. The quantitative estimate of drug-likeness (QED) is 0.532. The van der Waals surface area contributed by atoms with E-state index >= 15 is 0 Å². The molecular formula is C19H18N6OS. The van der Waals surface area contributed by atoms with Gasteiger partial charge in [0.1, 0.15) is 17.0 Å². The van der Waals surface area contributed by atoms with Gasteiger partial charge in [-0.2, -0.15) is 0 Å². The molecule has 0 spiro atoms. The van der Waals surface area contributed by atoms with Crippen molar-refractivity contribution >= 4 is 38.7 Å². The van der Waals surface area contributed by atoms with Gasteiger partial charge in [0, 0.05) is 5.56 Å². The monoisotopic (exact) mass is 378 g/mol. The second-order valence-corrected chi connectivity index (χ2v) is 7.72. The lowest BCUT2D eigenvalue weighted by molar-refractivity contribution is 0.0932. The fourth-order valence-corrected chi connectivity index (χ4v) is 4.73. The van der Waals surface area contributed by atoms with E-state index in [1.54, 1.807) is 6.33 Å². The molecule has 1 saturated heterocycles. The highest BCUT2D eigenvalue weighted by atomic mass is 32.1. The highest BCUT2D eigenvalue weighted by Gasteiger charge is 2.28. The number of hydrogen-bond acceptors (Lipinski definition) is 7. The highest BCUT2D eigenvalue weighted by molar-refractivity contribution is 7.21. The van der Waals surface area contributed by atoms with Crippen molar-refractivity contribution in [2.45, 2.75) is 25.3 Å². The Morgan fingerprint density at radius 1 is 1.26 bits per heavy atom. The van der Waals surface area contributed by atoms with Gasteiger partial charge in [-0.15, -0.1) is 21.5 Å². The molecule has 0 aliphatic carbocycles. The Hall–Kier alpha value is -2.84. The van der Waals surface area contributed by atoms with Crippen LogP contribution >= 0.6 is 11.3 Å². The van der Waals surface area contributed by atoms with Crippen LogP contribution in [0, 0.1) is 0 Å². The van der Waals surface area contributed by atoms with Crippen molar-refractivity contribution in [3.63, 3.8) is 0 Å². The molecule has 0 amide bonds. The molecule has 5 rings (SSSR count). The molecule has 136 valence electrons. The Bertz CT molecular complexity index is 1140. The van der Waals surface area contributed by atoms with Crippen LogP contribution in [0.15, 0.2) is 36.7 Å². The number of Topliss-reactive ketones (excluding diaryl/α,β-unsaturated/α-hetero) is 1. The number of hydrogen-bond donors (Lipinski definition) is 2. The number of nitrogens with two attached hydrogens (primary N) is 1. The second-order valence-electron chi connectivity index (χ2n) is 6.72. The van der Waals surface area contributed by atoms with Gasteiger partial charge in [-0.05, 0) is 19.4 Å². The lowest BCUT2D eigenvalue weighted by Gasteiger charge is -2.21. The summed E-state index contributed by atoms with van der Waals surface area (Å²) in [6.45, 7) is 0.867. The molecule has 1 aliphatic heterocycles. The minimum Gasteiger partial charge on any atom is -0.397 e. The van der Waals surface area contributed by atoms with E-state index in [-0.39, 0.29) is 11.8 Å². The Labute approximate surface area is 159 Å². The molecule has 0 bridgehead atoms. The number of nitrogens with one attached hydrogen (secondary N) is 1. The Morgan fingerprint density at radius 3 is 2.89 bits per heavy atom. The van der Waals surface area contributed by atoms with Gasteiger partial charge in [0.2, 0.25) is 0 Å². The number of anilines is 1. The van der Waals surface area contributed by atoms with Crippen molar-refractivity contribution in [1.29, 1.82) is 0 Å². The zero-order chi connectivity index (χ0) is 18.4. The molecule has 7 nitrogen and oxygen atoms in total. The molecule has 0 saturated carbocycles. The van der Waals surface area contributed by atoms with Gasteiger partial charge in [-0.1, -0.05) is 36.8 Å². The summed E-state index contributed by atoms with van der Waals surface area (Å²) in [5.41, 5.74) is 8.44. The third-order valence-electron chi connectivity index (χ3n) is 5.02. The molecule has 8 heteroatoms. The zero-order valence-corrected chi connectivity index (χ0v) is 15.4. The normalized spacial score (nSPS) is 17.6. The average molecular weight is 378 g/mol. The number of rotatable bonds is 3. The van der Waals surface area contributed by atoms with Crippen molar-refractivity contribution in [1.82, 2.24) is 24.9 Å². The maximum absolute atomic E-state index is 13.0. The van der Waals surface area contributed by atoms with E-state index in [2.05, 4.69) is 15.5 Å². The van der Waals surface area contributed by atoms with Gasteiger partial charge >= 0.3 is 0 Å². The molecule has 1 atom stereocenters. The fraction of sp³-hybridized carbons (Fsp3) is 0.263. The predicted octanol–water partition coefficient (Wildman–Crippen LogP) is 2.91. The molecule has 1 aliphatic rings. The summed E-state index contributed by atoms with van der Waals surface area (Å²) < 4.78 is 1.83. The average Bonchev–Trinajstić information content (AvgIpc) is 3.33. The number of nitrogens with zero attached hydrogens (tertiary/aromatic N) is 4. The Balaban J connectivity index is 1.71. The highest BCUT2D eigenvalue weighted by Crippen LogP contribution is 2.37. The molecule has 0 radical (unpaired) electrons. The SMILES string of the molecule is Nc1c(C(=O)C2CCCCN2)sc2nc(-c3ccccc3)n3cnnc3c12. The number of benzene rings is 1. The van der Waals surface area contributed by atoms with Crippen LogP contribution in [0.3, 0.4) is 0 Å². The third kappa shape index (κ3) is 2.60. The van der Waals surface area contributed by atoms with Crippen LogP contribution in [0.4, 0.5) is 5.69 Å². The maximum Gasteiger partial charge on any atom is 0.191 e. The van der Waals surface area contributed by atoms with Crippen LogP contribution in [0.2, 0.25) is 0 Å². The number of fused-ring (bicyclic) bond motifs is 3. The number of nitrogen functional groups attached to an aromatic ring is 1. The van der Waals surface area contributed by atoms with Crippen LogP contribution in [-0.2, 0) is 0 Å². The van der Waals surface area contributed by atoms with E-state index in [1.165, 1.54) is 11.3 Å². The number of carbonyl (C=O) groups is 1. The van der Waals surface area contributed by atoms with Crippen molar-refractivity contribution in [2.75, 3.05) is 12.3 Å². The lowest BCUT2D eigenvalue weighted by atomic mass is 9.99. The maximum atomic E-state index is 13.0. The van der Waals surface area contributed by atoms with Crippen LogP contribution in [0.1, 0.15) is 28.9 Å². The van der Waals surface area contributed by atoms with E-state index in [0.29, 0.717) is 26.4 Å². The minimum atomic E-state index is -0.170. The van der Waals surface area contributed by atoms with E-state index in [1.807, 2.05) is 34.7 Å². The number of aromatic nitrogens is 4. The van der Waals surface area contributed by atoms with Crippen LogP contribution in [0.25, 0.3) is 27.3 Å². The Morgan fingerprint density at radius 2 is 2.11 bits per heavy atom. The molecule has 3 aromatic heterocycles. The van der Waals surface area contributed by atoms with Crippen LogP contribution in [-0.4, -0.2) is 38.0 Å². The first kappa shape index (κ1) is 16.3. The zero-order valence-electron chi connectivity index (χ0n) is 14.6. The summed E-state index contributed by atoms with van der Waals surface area (Å²) in [7, 11) is 0. The van der Waals surface area contributed by atoms with Crippen LogP contribution in [0.5, 0.6) is 0 Å². The first-order valence-corrected chi connectivity index (χ1v) is 9.80. The minimum absolute atomic E-state index is 0.0501. The van der Waals surface area contributed by atoms with E-state index in [9.17, 15) is 4.79 Å². The molecule has 1 fully saturated rings. The number of piperidine rings is 1. The molecule has 3 N–H and O–H groups in total. The second kappa shape index (κ2) is 6.40. The lowest BCUT2D eigenvalue weighted by Crippen LogP contribution is -2.40. The van der Waals surface area contributed by atoms with Crippen LogP contribution < -0.4 is 11.1 Å². The largest absolute Gasteiger partial charge is 0.397 e. The van der Waals surface area contributed by atoms with Crippen molar-refractivity contribution in [3.05, 3.63) is 41.5 Å². The van der Waals surface area contributed by atoms with E-state index < -0.39 is 0 Å². The number of thiophene rings is 1. The Kier molecular flexibility index (Phi) is 3.87. The molecule has 1 unspecified atom stereocenters. The van der Waals surface area contributed by atoms with E-state index in [0.717, 1.165) is 37.2 Å². The molecule has 4 aromatic rings. The first-order chi connectivity index (χ1) is 13.2. The van der Waals surface area contributed by atoms with E-state index in [4.69, 9.17) is 10.7 Å². The summed E-state index contributed by atoms with van der Waals surface area (Å²) in [5, 5.41) is 12.3. The van der Waals surface area contributed by atoms with Gasteiger partial charge in [0.25, 0.3) is 0 Å². The summed E-state index contributed by atoms with van der Waals surface area (Å²) in [4.78, 5) is 19.1. The molecule has 1 aromatic carbocycles. The molecule has 27 heavy (non-hydrogen) atoms. The van der Waals surface area contributed by atoms with Crippen molar-refractivity contribution < 1.29 is 4.79 Å². The summed E-state index contributed by atoms with van der Waals surface area (Å²) in [6, 6.07) is 9.69. The summed E-state index contributed by atoms with van der Waals surface area (Å²) in [5.74, 6) is 0.785. The number of carbonyl (C=O) groups excluding carboxylic acids is 1. The van der Waals surface area contributed by atoms with Gasteiger partial charge in [-0.3, -0.25) is 9.20 Å². The smallest absolute Gasteiger partial charge is 0.191 e. The summed E-state index contributed by atoms with van der Waals surface area (Å²) in [6.07, 6.45) is 4.63. The standard InChI is InChI=1S/C19H18N6OS/c20-14-13-18-24-22-10-25(18)17(11-6-2-1-3-7-11)23-19(13)27-16(14)15(26)12-8-4-5-9-21-12/h1-3,6-7,10,12,21H,4-5,8-9,20H2. The fourth-order valence-electron chi connectivity index (χ4n) is 3.64.